The van der Waals surface area contributed by atoms with Gasteiger partial charge in [-0.2, -0.15) is 0 Å². The molecule has 2 unspecified atom stereocenters. The summed E-state index contributed by atoms with van der Waals surface area (Å²) in [5, 5.41) is 13.7. The van der Waals surface area contributed by atoms with Crippen LogP contribution in [0.4, 0.5) is 0 Å². The minimum Gasteiger partial charge on any atom is -0.504 e. The zero-order chi connectivity index (χ0) is 14.5. The Hall–Kier alpha value is -1.26. The minimum absolute atomic E-state index is 0.267. The van der Waals surface area contributed by atoms with E-state index in [1.807, 2.05) is 19.1 Å². The van der Waals surface area contributed by atoms with E-state index in [4.69, 9.17) is 4.74 Å². The molecule has 20 heavy (non-hydrogen) atoms. The van der Waals surface area contributed by atoms with E-state index in [2.05, 4.69) is 24.2 Å². The number of para-hydroxylation sites is 1. The van der Waals surface area contributed by atoms with Gasteiger partial charge >= 0.3 is 0 Å². The Morgan fingerprint density at radius 2 is 2.25 bits per heavy atom. The van der Waals surface area contributed by atoms with Gasteiger partial charge in [-0.1, -0.05) is 12.1 Å². The van der Waals surface area contributed by atoms with Gasteiger partial charge in [0.2, 0.25) is 0 Å². The lowest BCUT2D eigenvalue weighted by atomic mass is 9.98. The average molecular weight is 278 g/mol. The summed E-state index contributed by atoms with van der Waals surface area (Å²) >= 11 is 0. The topological polar surface area (TPSA) is 44.7 Å². The summed E-state index contributed by atoms with van der Waals surface area (Å²) in [4.78, 5) is 2.39. The molecule has 1 heterocycles. The molecule has 4 heteroatoms. The van der Waals surface area contributed by atoms with Crippen molar-refractivity contribution in [3.63, 3.8) is 0 Å². The molecule has 2 N–H and O–H groups in total. The van der Waals surface area contributed by atoms with Crippen LogP contribution in [-0.2, 0) is 6.54 Å². The van der Waals surface area contributed by atoms with E-state index in [0.717, 1.165) is 24.9 Å². The maximum absolute atomic E-state index is 10.2. The second-order valence-electron chi connectivity index (χ2n) is 5.63. The molecule has 0 aromatic heterocycles. The number of nitrogens with one attached hydrogen (secondary N) is 1. The molecular weight excluding hydrogens is 252 g/mol. The highest BCUT2D eigenvalue weighted by molar-refractivity contribution is 5.45. The first-order valence-corrected chi connectivity index (χ1v) is 7.49. The molecule has 0 amide bonds. The fourth-order valence-corrected chi connectivity index (χ4v) is 2.71. The van der Waals surface area contributed by atoms with Gasteiger partial charge in [-0.3, -0.25) is 0 Å². The van der Waals surface area contributed by atoms with Gasteiger partial charge in [0.15, 0.2) is 11.5 Å². The molecule has 2 rings (SSSR count). The largest absolute Gasteiger partial charge is 0.504 e. The van der Waals surface area contributed by atoms with E-state index >= 15 is 0 Å². The summed E-state index contributed by atoms with van der Waals surface area (Å²) in [6.45, 7) is 6.57. The van der Waals surface area contributed by atoms with Crippen LogP contribution in [0, 0.1) is 0 Å². The molecule has 1 fully saturated rings. The van der Waals surface area contributed by atoms with Crippen molar-refractivity contribution in [2.24, 2.45) is 0 Å². The van der Waals surface area contributed by atoms with Gasteiger partial charge in [0.05, 0.1) is 6.61 Å². The van der Waals surface area contributed by atoms with Crippen molar-refractivity contribution in [1.82, 2.24) is 10.2 Å². The number of hydrogen-bond acceptors (Lipinski definition) is 4. The highest BCUT2D eigenvalue weighted by atomic mass is 16.5. The molecule has 1 saturated heterocycles. The lowest BCUT2D eigenvalue weighted by Gasteiger charge is -2.35. The zero-order valence-electron chi connectivity index (χ0n) is 12.7. The number of phenolic OH excluding ortho intramolecular Hbond substituents is 1. The number of piperidine rings is 1. The Morgan fingerprint density at radius 1 is 1.45 bits per heavy atom. The maximum atomic E-state index is 10.2. The molecule has 112 valence electrons. The maximum Gasteiger partial charge on any atom is 0.162 e. The second kappa shape index (κ2) is 6.95. The molecule has 0 radical (unpaired) electrons. The van der Waals surface area contributed by atoms with Crippen LogP contribution in [0.25, 0.3) is 0 Å². The van der Waals surface area contributed by atoms with Crippen molar-refractivity contribution in [1.29, 1.82) is 0 Å². The van der Waals surface area contributed by atoms with Gasteiger partial charge in [0.1, 0.15) is 0 Å². The average Bonchev–Trinajstić information content (AvgIpc) is 2.44. The Balaban J connectivity index is 1.92. The molecule has 0 spiro atoms. The number of aromatic hydroxyl groups is 1. The van der Waals surface area contributed by atoms with Gasteiger partial charge in [-0.15, -0.1) is 0 Å². The molecule has 0 saturated carbocycles. The molecule has 1 aliphatic heterocycles. The monoisotopic (exact) mass is 278 g/mol. The van der Waals surface area contributed by atoms with E-state index in [-0.39, 0.29) is 5.75 Å². The number of nitrogens with zero attached hydrogens (tertiary/aromatic N) is 1. The summed E-state index contributed by atoms with van der Waals surface area (Å²) in [6, 6.07) is 6.82. The fourth-order valence-electron chi connectivity index (χ4n) is 2.71. The van der Waals surface area contributed by atoms with Gasteiger partial charge in [0, 0.05) is 24.2 Å². The van der Waals surface area contributed by atoms with Crippen molar-refractivity contribution < 1.29 is 9.84 Å². The van der Waals surface area contributed by atoms with Gasteiger partial charge in [-0.05, 0) is 46.3 Å². The van der Waals surface area contributed by atoms with Gasteiger partial charge < -0.3 is 20.1 Å². The standard InChI is InChI=1S/C16H26N2O2/c1-4-20-15-7-5-6-13(16(15)19)11-17-14-8-9-18(3)12(2)10-14/h5-7,12,14,17,19H,4,8-11H2,1-3H3. The first kappa shape index (κ1) is 15.1. The number of benzene rings is 1. The molecule has 0 aliphatic carbocycles. The number of phenols is 1. The third-order valence-corrected chi connectivity index (χ3v) is 4.17. The number of hydrogen-bond donors (Lipinski definition) is 2. The highest BCUT2D eigenvalue weighted by Gasteiger charge is 2.22. The summed E-state index contributed by atoms with van der Waals surface area (Å²) in [6.07, 6.45) is 2.31. The highest BCUT2D eigenvalue weighted by Crippen LogP contribution is 2.30. The molecule has 2 atom stereocenters. The third-order valence-electron chi connectivity index (χ3n) is 4.17. The SMILES string of the molecule is CCOc1cccc(CNC2CCN(C)C(C)C2)c1O. The number of likely N-dealkylation sites (tertiary alicyclic amines) is 1. The summed E-state index contributed by atoms with van der Waals surface area (Å²) in [5.41, 5.74) is 0.905. The van der Waals surface area contributed by atoms with Crippen LogP contribution in [0.3, 0.4) is 0 Å². The molecule has 1 aliphatic rings. The van der Waals surface area contributed by atoms with Crippen molar-refractivity contribution in [3.8, 4) is 11.5 Å². The summed E-state index contributed by atoms with van der Waals surface area (Å²) in [5.74, 6) is 0.839. The van der Waals surface area contributed by atoms with Crippen LogP contribution in [0.1, 0.15) is 32.3 Å². The lowest BCUT2D eigenvalue weighted by Crippen LogP contribution is -2.45. The van der Waals surface area contributed by atoms with Crippen molar-refractivity contribution in [2.45, 2.75) is 45.3 Å². The van der Waals surface area contributed by atoms with Crippen LogP contribution < -0.4 is 10.1 Å². The van der Waals surface area contributed by atoms with Crippen molar-refractivity contribution in [3.05, 3.63) is 23.8 Å². The predicted octanol–water partition coefficient (Wildman–Crippen LogP) is 2.36. The van der Waals surface area contributed by atoms with Crippen molar-refractivity contribution >= 4 is 0 Å². The van der Waals surface area contributed by atoms with Crippen LogP contribution in [-0.4, -0.2) is 42.3 Å². The van der Waals surface area contributed by atoms with Crippen LogP contribution in [0.2, 0.25) is 0 Å². The molecule has 0 bridgehead atoms. The number of ether oxygens (including phenoxy) is 1. The van der Waals surface area contributed by atoms with Gasteiger partial charge in [-0.25, -0.2) is 0 Å². The molecular formula is C16H26N2O2. The van der Waals surface area contributed by atoms with Crippen molar-refractivity contribution in [2.75, 3.05) is 20.2 Å². The van der Waals surface area contributed by atoms with E-state index < -0.39 is 0 Å². The van der Waals surface area contributed by atoms with Gasteiger partial charge in [0.25, 0.3) is 0 Å². The Bertz CT molecular complexity index is 436. The molecule has 4 nitrogen and oxygen atoms in total. The van der Waals surface area contributed by atoms with E-state index in [9.17, 15) is 5.11 Å². The first-order chi connectivity index (χ1) is 9.61. The Morgan fingerprint density at radius 3 is 2.95 bits per heavy atom. The smallest absolute Gasteiger partial charge is 0.162 e. The summed E-state index contributed by atoms with van der Waals surface area (Å²) in [7, 11) is 2.18. The first-order valence-electron chi connectivity index (χ1n) is 7.49. The second-order valence-corrected chi connectivity index (χ2v) is 5.63. The Kier molecular flexibility index (Phi) is 5.26. The van der Waals surface area contributed by atoms with Crippen LogP contribution in [0.15, 0.2) is 18.2 Å². The Labute approximate surface area is 121 Å². The quantitative estimate of drug-likeness (QED) is 0.868. The van der Waals surface area contributed by atoms with E-state index in [1.54, 1.807) is 6.07 Å². The lowest BCUT2D eigenvalue weighted by molar-refractivity contribution is 0.168. The third kappa shape index (κ3) is 3.64. The fraction of sp³-hybridized carbons (Fsp3) is 0.625. The zero-order valence-corrected chi connectivity index (χ0v) is 12.7. The van der Waals surface area contributed by atoms with E-state index in [1.165, 1.54) is 0 Å². The minimum atomic E-state index is 0.267. The van der Waals surface area contributed by atoms with Crippen LogP contribution >= 0.6 is 0 Å². The normalized spacial score (nSPS) is 23.8. The van der Waals surface area contributed by atoms with E-state index in [0.29, 0.717) is 31.0 Å². The molecule has 1 aromatic rings. The van der Waals surface area contributed by atoms with Crippen LogP contribution in [0.5, 0.6) is 11.5 Å². The predicted molar refractivity (Wildman–Crippen MR) is 81.2 cm³/mol. The summed E-state index contributed by atoms with van der Waals surface area (Å²) < 4.78 is 5.42. The number of rotatable bonds is 5. The molecule has 1 aromatic carbocycles.